The van der Waals surface area contributed by atoms with E-state index in [0.717, 1.165) is 11.4 Å². The minimum atomic E-state index is -0.551. The minimum absolute atomic E-state index is 0.0147. The Morgan fingerprint density at radius 2 is 1.80 bits per heavy atom. The van der Waals surface area contributed by atoms with Gasteiger partial charge < -0.3 is 20.3 Å². The van der Waals surface area contributed by atoms with Gasteiger partial charge in [-0.05, 0) is 48.5 Å². The van der Waals surface area contributed by atoms with Gasteiger partial charge in [-0.3, -0.25) is 14.4 Å². The van der Waals surface area contributed by atoms with Crippen LogP contribution in [-0.4, -0.2) is 42.3 Å². The predicted octanol–water partition coefficient (Wildman–Crippen LogP) is 2.93. The molecule has 156 valence electrons. The third-order valence-corrected chi connectivity index (χ3v) is 5.23. The molecule has 8 nitrogen and oxygen atoms in total. The lowest BCUT2D eigenvalue weighted by Crippen LogP contribution is -2.28. The average molecular weight is 426 g/mol. The van der Waals surface area contributed by atoms with Gasteiger partial charge in [0.1, 0.15) is 11.0 Å². The quantitative estimate of drug-likeness (QED) is 0.544. The summed E-state index contributed by atoms with van der Waals surface area (Å²) in [5, 5.41) is 5.38. The lowest BCUT2D eigenvalue weighted by atomic mass is 10.2. The number of amides is 2. The molecule has 2 aromatic carbocycles. The number of hydrogen-bond acceptors (Lipinski definition) is 7. The van der Waals surface area contributed by atoms with Crippen molar-refractivity contribution in [2.24, 2.45) is 4.99 Å². The molecule has 0 saturated carbocycles. The van der Waals surface area contributed by atoms with E-state index in [1.807, 2.05) is 43.3 Å². The minimum Gasteiger partial charge on any atom is -0.427 e. The van der Waals surface area contributed by atoms with Gasteiger partial charge in [-0.1, -0.05) is 11.8 Å². The maximum Gasteiger partial charge on any atom is 0.308 e. The van der Waals surface area contributed by atoms with Gasteiger partial charge in [0, 0.05) is 38.8 Å². The lowest BCUT2D eigenvalue weighted by Gasteiger charge is -2.11. The van der Waals surface area contributed by atoms with Gasteiger partial charge in [-0.15, -0.1) is 0 Å². The van der Waals surface area contributed by atoms with Crippen molar-refractivity contribution in [1.29, 1.82) is 0 Å². The Bertz CT molecular complexity index is 972. The third kappa shape index (κ3) is 5.84. The molecule has 1 unspecified atom stereocenters. The van der Waals surface area contributed by atoms with Crippen LogP contribution in [0.4, 0.5) is 17.1 Å². The van der Waals surface area contributed by atoms with E-state index < -0.39 is 11.2 Å². The summed E-state index contributed by atoms with van der Waals surface area (Å²) in [6.45, 7) is 1.32. The van der Waals surface area contributed by atoms with Crippen LogP contribution in [0.15, 0.2) is 53.5 Å². The number of rotatable bonds is 6. The molecule has 2 aromatic rings. The topological polar surface area (TPSA) is 100 Å². The van der Waals surface area contributed by atoms with Gasteiger partial charge in [-0.25, -0.2) is 4.99 Å². The molecular weight excluding hydrogens is 404 g/mol. The van der Waals surface area contributed by atoms with Crippen LogP contribution < -0.4 is 20.3 Å². The summed E-state index contributed by atoms with van der Waals surface area (Å²) >= 11 is 1.23. The SMILES string of the molecule is CC(=O)Oc1ccc(NC(=O)CC2SC(=Nc3ccc(N(C)C)cc3)NC2=O)cc1. The normalized spacial score (nSPS) is 16.8. The highest BCUT2D eigenvalue weighted by molar-refractivity contribution is 8.15. The second-order valence-corrected chi connectivity index (χ2v) is 7.99. The number of anilines is 2. The second kappa shape index (κ2) is 9.45. The van der Waals surface area contributed by atoms with Crippen molar-refractivity contribution in [3.05, 3.63) is 48.5 Å². The number of benzene rings is 2. The van der Waals surface area contributed by atoms with Crippen LogP contribution in [0.1, 0.15) is 13.3 Å². The van der Waals surface area contributed by atoms with E-state index in [2.05, 4.69) is 15.6 Å². The number of ether oxygens (including phenoxy) is 1. The molecule has 9 heteroatoms. The van der Waals surface area contributed by atoms with Gasteiger partial charge in [-0.2, -0.15) is 0 Å². The van der Waals surface area contributed by atoms with Crippen LogP contribution in [0, 0.1) is 0 Å². The van der Waals surface area contributed by atoms with Crippen LogP contribution in [-0.2, 0) is 14.4 Å². The van der Waals surface area contributed by atoms with Crippen molar-refractivity contribution in [2.75, 3.05) is 24.3 Å². The molecule has 1 saturated heterocycles. The fraction of sp³-hybridized carbons (Fsp3) is 0.238. The Kier molecular flexibility index (Phi) is 6.73. The van der Waals surface area contributed by atoms with Gasteiger partial charge >= 0.3 is 5.97 Å². The first-order chi connectivity index (χ1) is 14.3. The maximum atomic E-state index is 12.3. The molecular formula is C21H22N4O4S. The number of aliphatic imine (C=N–C) groups is 1. The standard InChI is InChI=1S/C21H22N4O4S/c1-13(26)29-17-10-6-14(7-11-17)22-19(27)12-18-20(28)24-21(30-18)23-15-4-8-16(9-5-15)25(2)3/h4-11,18H,12H2,1-3H3,(H,22,27)(H,23,24,28). The van der Waals surface area contributed by atoms with E-state index in [0.29, 0.717) is 16.6 Å². The van der Waals surface area contributed by atoms with E-state index in [1.165, 1.54) is 18.7 Å². The van der Waals surface area contributed by atoms with Crippen molar-refractivity contribution in [3.63, 3.8) is 0 Å². The molecule has 1 aliphatic heterocycles. The van der Waals surface area contributed by atoms with Crippen LogP contribution in [0.25, 0.3) is 0 Å². The number of esters is 1. The van der Waals surface area contributed by atoms with Crippen molar-refractivity contribution < 1.29 is 19.1 Å². The summed E-state index contributed by atoms with van der Waals surface area (Å²) in [7, 11) is 3.91. The largest absolute Gasteiger partial charge is 0.427 e. The fourth-order valence-electron chi connectivity index (χ4n) is 2.69. The van der Waals surface area contributed by atoms with Gasteiger partial charge in [0.25, 0.3) is 0 Å². The zero-order valence-corrected chi connectivity index (χ0v) is 17.7. The zero-order chi connectivity index (χ0) is 21.7. The first-order valence-corrected chi connectivity index (χ1v) is 10.1. The first kappa shape index (κ1) is 21.4. The predicted molar refractivity (Wildman–Crippen MR) is 118 cm³/mol. The van der Waals surface area contributed by atoms with E-state index in [-0.39, 0.29) is 18.2 Å². The second-order valence-electron chi connectivity index (χ2n) is 6.79. The van der Waals surface area contributed by atoms with Crippen LogP contribution in [0.5, 0.6) is 5.75 Å². The molecule has 0 spiro atoms. The molecule has 0 aliphatic carbocycles. The molecule has 0 aromatic heterocycles. The number of nitrogens with one attached hydrogen (secondary N) is 2. The van der Waals surface area contributed by atoms with Crippen molar-refractivity contribution in [3.8, 4) is 5.75 Å². The maximum absolute atomic E-state index is 12.3. The Morgan fingerprint density at radius 3 is 2.40 bits per heavy atom. The molecule has 0 bridgehead atoms. The summed E-state index contributed by atoms with van der Waals surface area (Å²) in [5.74, 6) is -0.559. The molecule has 30 heavy (non-hydrogen) atoms. The number of carbonyl (C=O) groups is 3. The number of nitrogens with zero attached hydrogens (tertiary/aromatic N) is 2. The number of thioether (sulfide) groups is 1. The Morgan fingerprint density at radius 1 is 1.13 bits per heavy atom. The van der Waals surface area contributed by atoms with Crippen LogP contribution in [0.3, 0.4) is 0 Å². The summed E-state index contributed by atoms with van der Waals surface area (Å²) in [6, 6.07) is 14.0. The van der Waals surface area contributed by atoms with E-state index >= 15 is 0 Å². The molecule has 1 aliphatic rings. The molecule has 3 rings (SSSR count). The van der Waals surface area contributed by atoms with Crippen molar-refractivity contribution >= 4 is 51.8 Å². The summed E-state index contributed by atoms with van der Waals surface area (Å²) in [6.07, 6.45) is 0.0147. The molecule has 2 N–H and O–H groups in total. The smallest absolute Gasteiger partial charge is 0.308 e. The molecule has 1 fully saturated rings. The van der Waals surface area contributed by atoms with E-state index in [4.69, 9.17) is 4.74 Å². The third-order valence-electron chi connectivity index (χ3n) is 4.14. The molecule has 1 heterocycles. The van der Waals surface area contributed by atoms with Crippen LogP contribution >= 0.6 is 11.8 Å². The molecule has 0 radical (unpaired) electrons. The molecule has 1 atom stereocenters. The van der Waals surface area contributed by atoms with E-state index in [9.17, 15) is 14.4 Å². The van der Waals surface area contributed by atoms with Crippen LogP contribution in [0.2, 0.25) is 0 Å². The summed E-state index contributed by atoms with van der Waals surface area (Å²) < 4.78 is 4.95. The Balaban J connectivity index is 1.56. The summed E-state index contributed by atoms with van der Waals surface area (Å²) in [4.78, 5) is 41.9. The van der Waals surface area contributed by atoms with E-state index in [1.54, 1.807) is 24.3 Å². The Labute approximate surface area is 178 Å². The van der Waals surface area contributed by atoms with Gasteiger partial charge in [0.2, 0.25) is 11.8 Å². The highest BCUT2D eigenvalue weighted by atomic mass is 32.2. The first-order valence-electron chi connectivity index (χ1n) is 9.22. The Hall–Kier alpha value is -3.33. The summed E-state index contributed by atoms with van der Waals surface area (Å²) in [5.41, 5.74) is 2.33. The number of carbonyl (C=O) groups excluding carboxylic acids is 3. The van der Waals surface area contributed by atoms with Crippen molar-refractivity contribution in [2.45, 2.75) is 18.6 Å². The monoisotopic (exact) mass is 426 g/mol. The highest BCUT2D eigenvalue weighted by Crippen LogP contribution is 2.26. The van der Waals surface area contributed by atoms with Crippen molar-refractivity contribution in [1.82, 2.24) is 5.32 Å². The average Bonchev–Trinajstić information content (AvgIpc) is 3.02. The zero-order valence-electron chi connectivity index (χ0n) is 16.8. The molecule has 2 amide bonds. The number of hydrogen-bond donors (Lipinski definition) is 2. The fourth-order valence-corrected chi connectivity index (χ4v) is 3.68. The lowest BCUT2D eigenvalue weighted by molar-refractivity contribution is -0.131. The van der Waals surface area contributed by atoms with Gasteiger partial charge in [0.15, 0.2) is 5.17 Å². The highest BCUT2D eigenvalue weighted by Gasteiger charge is 2.32. The van der Waals surface area contributed by atoms with Gasteiger partial charge in [0.05, 0.1) is 5.69 Å². The number of amidine groups is 1.